The van der Waals surface area contributed by atoms with Gasteiger partial charge in [-0.25, -0.2) is 9.59 Å². The third-order valence-corrected chi connectivity index (χ3v) is 9.14. The van der Waals surface area contributed by atoms with E-state index in [0.29, 0.717) is 13.1 Å². The molecule has 1 N–H and O–H groups in total. The number of ether oxygens (including phenoxy) is 2. The van der Waals surface area contributed by atoms with E-state index >= 15 is 0 Å². The number of benzene rings is 1. The quantitative estimate of drug-likeness (QED) is 0.399. The number of carbonyl (C=O) groups is 4. The van der Waals surface area contributed by atoms with E-state index in [9.17, 15) is 19.2 Å². The monoisotopic (exact) mass is 655 g/mol. The van der Waals surface area contributed by atoms with Gasteiger partial charge >= 0.3 is 12.2 Å². The number of piperidine rings is 1. The molecule has 252 valence electrons. The van der Waals surface area contributed by atoms with E-state index in [0.717, 1.165) is 42.7 Å². The molecule has 2 aliphatic heterocycles. The van der Waals surface area contributed by atoms with Gasteiger partial charge in [0.15, 0.2) is 0 Å². The first-order valence-electron chi connectivity index (χ1n) is 16.1. The lowest BCUT2D eigenvalue weighted by molar-refractivity contribution is -0.150. The Bertz CT molecular complexity index is 1300. The van der Waals surface area contributed by atoms with E-state index in [2.05, 4.69) is 10.2 Å². The fourth-order valence-electron chi connectivity index (χ4n) is 6.03. The molecule has 0 aliphatic carbocycles. The van der Waals surface area contributed by atoms with Crippen molar-refractivity contribution in [2.75, 3.05) is 46.8 Å². The zero-order chi connectivity index (χ0) is 33.3. The molecule has 3 heterocycles. The number of likely N-dealkylation sites (tertiary alicyclic amines) is 1. The number of hydrogen-bond acceptors (Lipinski definition) is 8. The van der Waals surface area contributed by atoms with Gasteiger partial charge in [-0.2, -0.15) is 0 Å². The summed E-state index contributed by atoms with van der Waals surface area (Å²) in [6.07, 6.45) is 2.11. The summed E-state index contributed by atoms with van der Waals surface area (Å²) in [5.41, 5.74) is 0.155. The average molecular weight is 656 g/mol. The van der Waals surface area contributed by atoms with Crippen LogP contribution < -0.4 is 5.32 Å². The fraction of sp³-hybridized carbons (Fsp3) is 0.588. The van der Waals surface area contributed by atoms with Gasteiger partial charge in [0.1, 0.15) is 24.3 Å². The molecular formula is C34H49N5O6S. The Morgan fingerprint density at radius 2 is 1.74 bits per heavy atom. The van der Waals surface area contributed by atoms with Gasteiger partial charge in [-0.3, -0.25) is 14.5 Å². The van der Waals surface area contributed by atoms with Crippen molar-refractivity contribution in [1.82, 2.24) is 24.9 Å². The molecule has 2 aromatic rings. The van der Waals surface area contributed by atoms with Gasteiger partial charge in [0.05, 0.1) is 13.1 Å². The highest BCUT2D eigenvalue weighted by Crippen LogP contribution is 2.31. The number of nitrogens with one attached hydrogen (secondary N) is 1. The highest BCUT2D eigenvalue weighted by molar-refractivity contribution is 7.09. The maximum atomic E-state index is 14.7. The van der Waals surface area contributed by atoms with Crippen LogP contribution >= 0.6 is 11.3 Å². The smallest absolute Gasteiger partial charge is 0.410 e. The molecule has 2 saturated heterocycles. The van der Waals surface area contributed by atoms with Crippen LogP contribution in [-0.2, 0) is 32.2 Å². The summed E-state index contributed by atoms with van der Waals surface area (Å²) in [6.45, 7) is 7.39. The zero-order valence-corrected chi connectivity index (χ0v) is 28.6. The molecule has 46 heavy (non-hydrogen) atoms. The normalized spacial score (nSPS) is 20.4. The number of rotatable bonds is 10. The molecule has 4 rings (SSSR count). The Balaban J connectivity index is 1.58. The minimum atomic E-state index is -0.944. The van der Waals surface area contributed by atoms with Crippen LogP contribution in [0.4, 0.5) is 9.59 Å². The van der Waals surface area contributed by atoms with Crippen LogP contribution in [0.1, 0.15) is 56.9 Å². The maximum absolute atomic E-state index is 14.7. The Labute approximate surface area is 276 Å². The van der Waals surface area contributed by atoms with Crippen LogP contribution in [0.15, 0.2) is 47.8 Å². The van der Waals surface area contributed by atoms with Crippen molar-refractivity contribution < 1.29 is 28.7 Å². The third-order valence-electron chi connectivity index (χ3n) is 8.26. The van der Waals surface area contributed by atoms with Crippen molar-refractivity contribution in [3.8, 4) is 0 Å². The van der Waals surface area contributed by atoms with Crippen molar-refractivity contribution in [3.05, 3.63) is 58.3 Å². The summed E-state index contributed by atoms with van der Waals surface area (Å²) >= 11 is 1.53. The summed E-state index contributed by atoms with van der Waals surface area (Å²) in [4.78, 5) is 62.8. The second kappa shape index (κ2) is 16.3. The molecule has 1 aromatic heterocycles. The standard InChI is InChI=1S/C34H49N5O6S/c1-34(2,3)45-32(42)37-19-20-38(28(23-37)30(40)35-22-27-16-11-21-46-27)31(41)29-26(14-9-17-36(4)5)15-10-18-39(29)33(43)44-24-25-12-7-6-8-13-25/h6-8,11-13,16,21,26,28-29H,9-10,14-15,17-20,22-24H2,1-5H3,(H,35,40)/t26?,28-,29?/m0/s1. The Morgan fingerprint density at radius 3 is 2.41 bits per heavy atom. The molecule has 0 radical (unpaired) electrons. The summed E-state index contributed by atoms with van der Waals surface area (Å²) < 4.78 is 11.3. The highest BCUT2D eigenvalue weighted by atomic mass is 32.1. The lowest BCUT2D eigenvalue weighted by Gasteiger charge is -2.46. The molecule has 11 nitrogen and oxygen atoms in total. The highest BCUT2D eigenvalue weighted by Gasteiger charge is 2.46. The molecule has 3 atom stereocenters. The van der Waals surface area contributed by atoms with Gasteiger partial charge in [-0.15, -0.1) is 11.3 Å². The first-order valence-corrected chi connectivity index (χ1v) is 17.0. The van der Waals surface area contributed by atoms with Crippen molar-refractivity contribution in [1.29, 1.82) is 0 Å². The summed E-state index contributed by atoms with van der Waals surface area (Å²) in [5, 5.41) is 4.91. The first kappa shape index (κ1) is 35.2. The van der Waals surface area contributed by atoms with E-state index in [1.165, 1.54) is 16.2 Å². The van der Waals surface area contributed by atoms with Crippen molar-refractivity contribution in [2.24, 2.45) is 5.92 Å². The number of thiophene rings is 1. The van der Waals surface area contributed by atoms with E-state index in [-0.39, 0.29) is 44.0 Å². The van der Waals surface area contributed by atoms with Crippen molar-refractivity contribution >= 4 is 35.3 Å². The van der Waals surface area contributed by atoms with Crippen LogP contribution in [0.2, 0.25) is 0 Å². The van der Waals surface area contributed by atoms with E-state index in [1.54, 1.807) is 30.6 Å². The second-order valence-corrected chi connectivity index (χ2v) is 14.3. The minimum Gasteiger partial charge on any atom is -0.445 e. The first-order chi connectivity index (χ1) is 21.9. The van der Waals surface area contributed by atoms with Crippen molar-refractivity contribution in [3.63, 3.8) is 0 Å². The molecule has 1 aromatic carbocycles. The Hall–Kier alpha value is -3.64. The van der Waals surface area contributed by atoms with Crippen LogP contribution in [0.25, 0.3) is 0 Å². The zero-order valence-electron chi connectivity index (χ0n) is 27.8. The topological polar surface area (TPSA) is 112 Å². The minimum absolute atomic E-state index is 0.00655. The average Bonchev–Trinajstić information content (AvgIpc) is 3.55. The molecule has 12 heteroatoms. The van der Waals surface area contributed by atoms with Gasteiger partial charge in [0, 0.05) is 24.5 Å². The number of carbonyl (C=O) groups excluding carboxylic acids is 4. The van der Waals surface area contributed by atoms with Crippen molar-refractivity contribution in [2.45, 2.75) is 77.3 Å². The third kappa shape index (κ3) is 9.93. The summed E-state index contributed by atoms with van der Waals surface area (Å²) in [5.74, 6) is -0.733. The largest absolute Gasteiger partial charge is 0.445 e. The van der Waals surface area contributed by atoms with E-state index in [1.807, 2.05) is 61.9 Å². The molecule has 2 aliphatic rings. The summed E-state index contributed by atoms with van der Waals surface area (Å²) in [6, 6.07) is 11.6. The maximum Gasteiger partial charge on any atom is 0.410 e. The molecular weight excluding hydrogens is 606 g/mol. The van der Waals surface area contributed by atoms with E-state index < -0.39 is 29.9 Å². The molecule has 0 saturated carbocycles. The fourth-order valence-corrected chi connectivity index (χ4v) is 6.67. The van der Waals surface area contributed by atoms with Crippen LogP contribution in [0.5, 0.6) is 0 Å². The van der Waals surface area contributed by atoms with Gasteiger partial charge in [0.2, 0.25) is 11.8 Å². The Morgan fingerprint density at radius 1 is 0.978 bits per heavy atom. The van der Waals surface area contributed by atoms with Gasteiger partial charge in [-0.05, 0) is 90.0 Å². The molecule has 0 spiro atoms. The van der Waals surface area contributed by atoms with Gasteiger partial charge in [-0.1, -0.05) is 36.4 Å². The number of amides is 4. The van der Waals surface area contributed by atoms with Crippen LogP contribution in [0, 0.1) is 5.92 Å². The predicted octanol–water partition coefficient (Wildman–Crippen LogP) is 4.57. The molecule has 2 fully saturated rings. The van der Waals surface area contributed by atoms with E-state index in [4.69, 9.17) is 9.47 Å². The second-order valence-electron chi connectivity index (χ2n) is 13.3. The van der Waals surface area contributed by atoms with Gasteiger partial charge < -0.3 is 29.5 Å². The predicted molar refractivity (Wildman–Crippen MR) is 177 cm³/mol. The number of piperazine rings is 1. The molecule has 4 amide bonds. The van der Waals surface area contributed by atoms with Gasteiger partial charge in [0.25, 0.3) is 0 Å². The SMILES string of the molecule is CN(C)CCCC1CCCN(C(=O)OCc2ccccc2)C1C(=O)N1CCN(C(=O)OC(C)(C)C)C[C@H]1C(=O)NCc1cccs1. The Kier molecular flexibility index (Phi) is 12.5. The van der Waals surface area contributed by atoms with Crippen LogP contribution in [-0.4, -0.2) is 108 Å². The molecule has 0 bridgehead atoms. The lowest BCUT2D eigenvalue weighted by Crippen LogP contribution is -2.66. The molecule has 2 unspecified atom stereocenters. The number of nitrogens with zero attached hydrogens (tertiary/aromatic N) is 4. The van der Waals surface area contributed by atoms with Crippen LogP contribution in [0.3, 0.4) is 0 Å². The lowest BCUT2D eigenvalue weighted by atomic mass is 9.84. The number of hydrogen-bond donors (Lipinski definition) is 1. The summed E-state index contributed by atoms with van der Waals surface area (Å²) in [7, 11) is 4.03.